The minimum absolute atomic E-state index is 0.00764. The Morgan fingerprint density at radius 1 is 0.529 bits per heavy atom. The summed E-state index contributed by atoms with van der Waals surface area (Å²) in [6, 6.07) is 11.2. The number of nitrogens with zero attached hydrogens (tertiary/aromatic N) is 9. The first-order valence-corrected chi connectivity index (χ1v) is 28.1. The molecule has 0 aliphatic heterocycles. The minimum atomic E-state index is -1.14. The molecule has 87 heavy (non-hydrogen) atoms. The van der Waals surface area contributed by atoms with E-state index < -0.39 is 46.8 Å². The van der Waals surface area contributed by atoms with Crippen molar-refractivity contribution in [1.82, 2.24) is 48.4 Å². The van der Waals surface area contributed by atoms with E-state index in [9.17, 15) is 45.8 Å². The summed E-state index contributed by atoms with van der Waals surface area (Å²) in [6.45, 7) is 19.2. The van der Waals surface area contributed by atoms with Gasteiger partial charge in [-0.3, -0.25) is 18.0 Å². The van der Waals surface area contributed by atoms with Crippen molar-refractivity contribution in [3.63, 3.8) is 0 Å². The lowest BCUT2D eigenvalue weighted by atomic mass is 10.1. The third-order valence-electron chi connectivity index (χ3n) is 13.1. The van der Waals surface area contributed by atoms with Gasteiger partial charge in [-0.25, -0.2) is 65.8 Å². The molecule has 0 aliphatic carbocycles. The largest absolute Gasteiger partial charge is 0.477 e. The number of aromatic carboxylic acids is 1. The van der Waals surface area contributed by atoms with Gasteiger partial charge in [-0.2, -0.15) is 0 Å². The number of carboxylic acid groups (broad SMARTS) is 1. The Hall–Kier alpha value is -9.13. The lowest BCUT2D eigenvalue weighted by Gasteiger charge is -2.14. The van der Waals surface area contributed by atoms with Gasteiger partial charge in [0.05, 0.1) is 57.5 Å². The van der Waals surface area contributed by atoms with Crippen LogP contribution in [0.5, 0.6) is 17.6 Å². The first-order chi connectivity index (χ1) is 41.4. The van der Waals surface area contributed by atoms with E-state index in [-0.39, 0.29) is 101 Å². The molecule has 0 radical (unpaired) electrons. The molecule has 6 heterocycles. The third-order valence-corrected chi connectivity index (χ3v) is 13.1. The van der Waals surface area contributed by atoms with Crippen LogP contribution in [0.3, 0.4) is 0 Å². The number of benzene rings is 3. The second-order valence-electron chi connectivity index (χ2n) is 20.4. The van der Waals surface area contributed by atoms with E-state index in [4.69, 9.17) is 24.7 Å². The number of nitrogens with two attached hydrogens (primary N) is 1. The van der Waals surface area contributed by atoms with E-state index in [2.05, 4.69) is 56.0 Å². The predicted molar refractivity (Wildman–Crippen MR) is 312 cm³/mol. The van der Waals surface area contributed by atoms with Crippen LogP contribution in [0.15, 0.2) is 73.2 Å². The first-order valence-electron chi connectivity index (χ1n) is 28.1. The number of unbranched alkanes of at least 4 members (excludes halogenated alkanes) is 2. The maximum atomic E-state index is 13.9. The zero-order chi connectivity index (χ0) is 63.8. The number of aromatic nitrogens is 9. The number of ether oxygens (including phenoxy) is 4. The number of carboxylic acids is 1. The number of rotatable bonds is 20. The number of carbonyl (C=O) groups is 3. The SMILES string of the molecule is CCCCC(C)N.CCCCC(C)NC(=O)c1c(C)nc2c(OCc3c(F)cccc3F)nc(C)cn12.CCOC(=O)c1c(C)nc2c(OCc3c(F)cccc3F)nc(C)cn12.Cc1cn2c(C(=O)O)c(C)nc2c(OCc2c(F)cccc2F)n1. The molecule has 2 unspecified atom stereocenters. The van der Waals surface area contributed by atoms with Gasteiger partial charge in [-0.05, 0) is 112 Å². The normalized spacial score (nSPS) is 11.7. The van der Waals surface area contributed by atoms with Crippen LogP contribution in [0.2, 0.25) is 0 Å². The predicted octanol–water partition coefficient (Wildman–Crippen LogP) is 12.3. The third kappa shape index (κ3) is 17.1. The molecule has 25 heteroatoms. The smallest absolute Gasteiger partial charge is 0.357 e. The standard InChI is InChI=1S/C22H26F2N4O2.C18H17F2N3O3.C16H13F2N3O3.C6H15N/c1-5-6-8-13(2)25-21(29)19-15(4)27-20-22(26-14(3)11-28(19)20)30-12-16-17(23)9-7-10-18(16)24;1-4-25-18(24)15-11(3)22-16-17(21-10(2)8-23(15)16)26-9-12-13(19)6-5-7-14(12)20;1-8-6-21-13(16(22)23)9(2)20-14(21)15(19-8)24-7-10-11(17)4-3-5-12(10)18;1-3-4-5-6(2)7/h7,9-11,13H,5-6,8,12H2,1-4H3,(H,25,29);5-8H,4,9H2,1-3H3;3-6H,7H2,1-2H3,(H,22,23);6H,3-5,7H2,1-2H3. The van der Waals surface area contributed by atoms with Crippen LogP contribution in [0.1, 0.15) is 155 Å². The maximum Gasteiger partial charge on any atom is 0.357 e. The molecule has 0 fully saturated rings. The van der Waals surface area contributed by atoms with E-state index in [1.807, 2.05) is 6.92 Å². The molecular formula is C62H71F6N11O8. The Labute approximate surface area is 499 Å². The number of carbonyl (C=O) groups excluding carboxylic acids is 2. The average Bonchev–Trinajstić information content (AvgIpc) is 2.71. The number of amides is 1. The molecule has 4 N–H and O–H groups in total. The van der Waals surface area contributed by atoms with Crippen molar-refractivity contribution >= 4 is 34.8 Å². The number of halogens is 6. The van der Waals surface area contributed by atoms with Gasteiger partial charge < -0.3 is 35.1 Å². The highest BCUT2D eigenvalue weighted by Gasteiger charge is 2.25. The molecule has 0 saturated carbocycles. The summed E-state index contributed by atoms with van der Waals surface area (Å²) in [5.41, 5.74) is 9.10. The summed E-state index contributed by atoms with van der Waals surface area (Å²) in [5, 5.41) is 12.3. The van der Waals surface area contributed by atoms with Crippen molar-refractivity contribution < 1.29 is 64.8 Å². The zero-order valence-corrected chi connectivity index (χ0v) is 50.3. The Morgan fingerprint density at radius 2 is 0.862 bits per heavy atom. The molecule has 9 aromatic rings. The number of nitrogens with one attached hydrogen (secondary N) is 1. The molecule has 0 spiro atoms. The Kier molecular flexibility index (Phi) is 23.7. The molecule has 0 aliphatic rings. The average molecular weight is 1210 g/mol. The van der Waals surface area contributed by atoms with Crippen LogP contribution in [-0.4, -0.2) is 84.7 Å². The van der Waals surface area contributed by atoms with Crippen molar-refractivity contribution in [2.24, 2.45) is 5.73 Å². The van der Waals surface area contributed by atoms with Gasteiger partial charge in [-0.15, -0.1) is 0 Å². The summed E-state index contributed by atoms with van der Waals surface area (Å²) in [4.78, 5) is 62.0. The minimum Gasteiger partial charge on any atom is -0.477 e. The number of hydrogen-bond acceptors (Lipinski definition) is 14. The molecule has 9 rings (SSSR count). The molecule has 2 atom stereocenters. The number of fused-ring (bicyclic) bond motifs is 3. The lowest BCUT2D eigenvalue weighted by molar-refractivity contribution is 0.0516. The van der Waals surface area contributed by atoms with Crippen LogP contribution >= 0.6 is 0 Å². The molecule has 0 bridgehead atoms. The Balaban J connectivity index is 0.000000198. The molecule has 464 valence electrons. The van der Waals surface area contributed by atoms with Crippen molar-refractivity contribution in [3.8, 4) is 17.6 Å². The number of aryl methyl sites for hydroxylation is 6. The second-order valence-corrected chi connectivity index (χ2v) is 20.4. The highest BCUT2D eigenvalue weighted by molar-refractivity contribution is 5.95. The van der Waals surface area contributed by atoms with E-state index >= 15 is 0 Å². The van der Waals surface area contributed by atoms with Gasteiger partial charge in [0.2, 0.25) is 16.9 Å². The number of esters is 1. The van der Waals surface area contributed by atoms with Gasteiger partial charge >= 0.3 is 11.9 Å². The number of imidazole rings is 3. The Bertz CT molecular complexity index is 3830. The van der Waals surface area contributed by atoms with Gasteiger partial charge in [0, 0.05) is 30.7 Å². The van der Waals surface area contributed by atoms with Gasteiger partial charge in [0.1, 0.15) is 60.4 Å². The van der Waals surface area contributed by atoms with Gasteiger partial charge in [0.25, 0.3) is 23.5 Å². The summed E-state index contributed by atoms with van der Waals surface area (Å²) < 4.78 is 109. The highest BCUT2D eigenvalue weighted by atomic mass is 19.2. The van der Waals surface area contributed by atoms with Crippen LogP contribution in [-0.2, 0) is 24.6 Å². The van der Waals surface area contributed by atoms with E-state index in [1.54, 1.807) is 65.3 Å². The topological polar surface area (TPSA) is 237 Å². The fraction of sp³-hybridized carbons (Fsp3) is 0.371. The zero-order valence-electron chi connectivity index (χ0n) is 50.3. The molecule has 0 saturated heterocycles. The fourth-order valence-electron chi connectivity index (χ4n) is 8.85. The molecule has 3 aromatic carbocycles. The van der Waals surface area contributed by atoms with Crippen molar-refractivity contribution in [2.45, 2.75) is 147 Å². The van der Waals surface area contributed by atoms with Crippen LogP contribution in [0.25, 0.3) is 16.9 Å². The maximum absolute atomic E-state index is 13.9. The van der Waals surface area contributed by atoms with E-state index in [0.29, 0.717) is 45.9 Å². The second kappa shape index (κ2) is 30.8. The van der Waals surface area contributed by atoms with Crippen molar-refractivity contribution in [3.05, 3.63) is 176 Å². The van der Waals surface area contributed by atoms with E-state index in [1.165, 1.54) is 64.6 Å². The fourth-order valence-corrected chi connectivity index (χ4v) is 8.85. The summed E-state index contributed by atoms with van der Waals surface area (Å²) in [5.74, 6) is -5.97. The quantitative estimate of drug-likeness (QED) is 0.0475. The monoisotopic (exact) mass is 1210 g/mol. The van der Waals surface area contributed by atoms with Crippen LogP contribution in [0.4, 0.5) is 26.3 Å². The summed E-state index contributed by atoms with van der Waals surface area (Å²) in [7, 11) is 0. The van der Waals surface area contributed by atoms with E-state index in [0.717, 1.165) is 43.5 Å². The highest BCUT2D eigenvalue weighted by Crippen LogP contribution is 2.27. The van der Waals surface area contributed by atoms with Crippen LogP contribution in [0, 0.1) is 76.4 Å². The molecule has 19 nitrogen and oxygen atoms in total. The van der Waals surface area contributed by atoms with Gasteiger partial charge in [0.15, 0.2) is 11.4 Å². The first kappa shape index (κ1) is 67.0. The number of hydrogen-bond donors (Lipinski definition) is 3. The van der Waals surface area contributed by atoms with Crippen molar-refractivity contribution in [1.29, 1.82) is 0 Å². The molecule has 6 aromatic heterocycles. The summed E-state index contributed by atoms with van der Waals surface area (Å²) in [6.07, 6.45) is 11.5. The summed E-state index contributed by atoms with van der Waals surface area (Å²) >= 11 is 0. The molecule has 1 amide bonds. The Morgan fingerprint density at radius 3 is 1.20 bits per heavy atom. The van der Waals surface area contributed by atoms with Crippen molar-refractivity contribution in [2.75, 3.05) is 6.61 Å². The van der Waals surface area contributed by atoms with Crippen LogP contribution < -0.4 is 25.3 Å². The van der Waals surface area contributed by atoms with Gasteiger partial charge in [-0.1, -0.05) is 57.7 Å². The molecular weight excluding hydrogens is 1140 g/mol. The lowest BCUT2D eigenvalue weighted by Crippen LogP contribution is -2.33.